The number of rotatable bonds is 13. The number of ether oxygens (including phenoxy) is 2. The van der Waals surface area contributed by atoms with Crippen molar-refractivity contribution in [1.29, 1.82) is 0 Å². The molecule has 0 aromatic heterocycles. The first kappa shape index (κ1) is 21.1. The lowest BCUT2D eigenvalue weighted by atomic mass is 9.92. The molecule has 0 spiro atoms. The van der Waals surface area contributed by atoms with Gasteiger partial charge in [0.15, 0.2) is 5.54 Å². The van der Waals surface area contributed by atoms with E-state index in [4.69, 9.17) is 15.2 Å². The van der Waals surface area contributed by atoms with Crippen molar-refractivity contribution in [3.05, 3.63) is 29.8 Å². The Morgan fingerprint density at radius 2 is 1.96 bits per heavy atom. The largest absolute Gasteiger partial charge is 0.494 e. The van der Waals surface area contributed by atoms with E-state index in [1.165, 1.54) is 38.5 Å². The first-order chi connectivity index (χ1) is 13.1. The third-order valence-electron chi connectivity index (χ3n) is 5.02. The van der Waals surface area contributed by atoms with Crippen LogP contribution in [-0.4, -0.2) is 30.8 Å². The fraction of sp³-hybridized carbons (Fsp3) is 0.619. The van der Waals surface area contributed by atoms with Crippen molar-refractivity contribution in [3.8, 4) is 5.75 Å². The molecule has 1 saturated heterocycles. The van der Waals surface area contributed by atoms with Gasteiger partial charge in [-0.3, -0.25) is 4.79 Å². The highest BCUT2D eigenvalue weighted by atomic mass is 16.6. The van der Waals surface area contributed by atoms with E-state index in [2.05, 4.69) is 12.2 Å². The minimum Gasteiger partial charge on any atom is -0.494 e. The number of hydrogen-bond acceptors (Lipinski definition) is 4. The van der Waals surface area contributed by atoms with Crippen LogP contribution in [0.3, 0.4) is 0 Å². The Bertz CT molecular complexity index is 620. The van der Waals surface area contributed by atoms with Gasteiger partial charge in [-0.25, -0.2) is 4.79 Å². The van der Waals surface area contributed by atoms with Crippen molar-refractivity contribution in [2.45, 2.75) is 70.3 Å². The summed E-state index contributed by atoms with van der Waals surface area (Å²) in [7, 11) is 0. The number of hydrogen-bond donors (Lipinski definition) is 2. The molecule has 0 bridgehead atoms. The highest BCUT2D eigenvalue weighted by Gasteiger charge is 2.44. The van der Waals surface area contributed by atoms with Gasteiger partial charge in [-0.15, -0.1) is 0 Å². The van der Waals surface area contributed by atoms with E-state index in [1.807, 2.05) is 24.3 Å². The molecule has 1 aromatic carbocycles. The number of amides is 2. The summed E-state index contributed by atoms with van der Waals surface area (Å²) < 4.78 is 10.7. The van der Waals surface area contributed by atoms with Crippen molar-refractivity contribution in [1.82, 2.24) is 5.32 Å². The van der Waals surface area contributed by atoms with Gasteiger partial charge >= 0.3 is 6.09 Å². The predicted molar refractivity (Wildman–Crippen MR) is 105 cm³/mol. The molecule has 1 aromatic rings. The number of primary amides is 1. The fourth-order valence-corrected chi connectivity index (χ4v) is 3.24. The maximum absolute atomic E-state index is 11.7. The van der Waals surface area contributed by atoms with Crippen molar-refractivity contribution in [2.75, 3.05) is 13.2 Å². The summed E-state index contributed by atoms with van der Waals surface area (Å²) in [6, 6.07) is 7.84. The van der Waals surface area contributed by atoms with Crippen molar-refractivity contribution in [3.63, 3.8) is 0 Å². The summed E-state index contributed by atoms with van der Waals surface area (Å²) in [5, 5.41) is 2.55. The van der Waals surface area contributed by atoms with E-state index in [0.717, 1.165) is 17.7 Å². The molecule has 150 valence electrons. The van der Waals surface area contributed by atoms with Crippen molar-refractivity contribution in [2.24, 2.45) is 5.73 Å². The van der Waals surface area contributed by atoms with Crippen LogP contribution in [0.25, 0.3) is 0 Å². The number of nitrogens with two attached hydrogens (primary N) is 1. The van der Waals surface area contributed by atoms with Gasteiger partial charge in [-0.1, -0.05) is 57.6 Å². The van der Waals surface area contributed by atoms with Crippen LogP contribution in [-0.2, 0) is 16.0 Å². The van der Waals surface area contributed by atoms with Gasteiger partial charge in [0, 0.05) is 0 Å². The van der Waals surface area contributed by atoms with Gasteiger partial charge in [0.2, 0.25) is 5.91 Å². The van der Waals surface area contributed by atoms with Crippen molar-refractivity contribution < 1.29 is 19.1 Å². The van der Waals surface area contributed by atoms with Gasteiger partial charge in [-0.05, 0) is 37.0 Å². The van der Waals surface area contributed by atoms with Crippen molar-refractivity contribution >= 4 is 12.0 Å². The second-order valence-electron chi connectivity index (χ2n) is 7.26. The molecular formula is C21H32N2O4. The van der Waals surface area contributed by atoms with Gasteiger partial charge in [0.05, 0.1) is 6.61 Å². The standard InChI is InChI=1S/C21H32N2O4/c1-2-3-4-5-6-7-8-14-26-18-11-9-10-17(15-18)12-13-21(19(22)24)16-27-20(25)23-21/h9-11,15H,2-8,12-14,16H2,1H3,(H2,22,24)(H,23,25). The molecule has 0 saturated carbocycles. The lowest BCUT2D eigenvalue weighted by Crippen LogP contribution is -2.54. The zero-order valence-corrected chi connectivity index (χ0v) is 16.3. The SMILES string of the molecule is CCCCCCCCCOc1cccc(CCC2(C(N)=O)COC(=O)N2)c1. The number of cyclic esters (lactones) is 1. The Morgan fingerprint density at radius 1 is 1.22 bits per heavy atom. The first-order valence-corrected chi connectivity index (χ1v) is 10.0. The number of unbranched alkanes of at least 4 members (excludes halogenated alkanes) is 6. The molecule has 1 aliphatic heterocycles. The zero-order chi connectivity index (χ0) is 19.5. The predicted octanol–water partition coefficient (Wildman–Crippen LogP) is 3.71. The number of nitrogens with one attached hydrogen (secondary N) is 1. The fourth-order valence-electron chi connectivity index (χ4n) is 3.24. The molecular weight excluding hydrogens is 344 g/mol. The summed E-state index contributed by atoms with van der Waals surface area (Å²) in [6.07, 6.45) is 9.18. The molecule has 6 nitrogen and oxygen atoms in total. The normalized spacial score (nSPS) is 18.8. The van der Waals surface area contributed by atoms with Crippen LogP contribution in [0.5, 0.6) is 5.75 Å². The van der Waals surface area contributed by atoms with Gasteiger partial charge in [-0.2, -0.15) is 0 Å². The summed E-state index contributed by atoms with van der Waals surface area (Å²) >= 11 is 0. The summed E-state index contributed by atoms with van der Waals surface area (Å²) in [4.78, 5) is 23.1. The Morgan fingerprint density at radius 3 is 2.63 bits per heavy atom. The minimum atomic E-state index is -1.12. The Labute approximate surface area is 161 Å². The van der Waals surface area contributed by atoms with Crippen LogP contribution in [0, 0.1) is 0 Å². The molecule has 1 aliphatic rings. The van der Waals surface area contributed by atoms with E-state index in [0.29, 0.717) is 19.4 Å². The second-order valence-corrected chi connectivity index (χ2v) is 7.26. The zero-order valence-electron chi connectivity index (χ0n) is 16.3. The maximum Gasteiger partial charge on any atom is 0.408 e. The monoisotopic (exact) mass is 376 g/mol. The van der Waals surface area contributed by atoms with E-state index in [1.54, 1.807) is 0 Å². The molecule has 1 atom stereocenters. The van der Waals surface area contributed by atoms with Crippen LogP contribution >= 0.6 is 0 Å². The van der Waals surface area contributed by atoms with Gasteiger partial charge in [0.25, 0.3) is 0 Å². The highest BCUT2D eigenvalue weighted by molar-refractivity contribution is 5.91. The minimum absolute atomic E-state index is 0.0182. The van der Waals surface area contributed by atoms with Crippen LogP contribution in [0.4, 0.5) is 4.79 Å². The van der Waals surface area contributed by atoms with Gasteiger partial charge < -0.3 is 20.5 Å². The molecule has 1 unspecified atom stereocenters. The van der Waals surface area contributed by atoms with E-state index in [-0.39, 0.29) is 6.61 Å². The number of carbonyl (C=O) groups excluding carboxylic acids is 2. The third-order valence-corrected chi connectivity index (χ3v) is 5.02. The molecule has 1 fully saturated rings. The van der Waals surface area contributed by atoms with Crippen LogP contribution in [0.15, 0.2) is 24.3 Å². The smallest absolute Gasteiger partial charge is 0.408 e. The average molecular weight is 376 g/mol. The Balaban J connectivity index is 1.73. The molecule has 2 rings (SSSR count). The summed E-state index contributed by atoms with van der Waals surface area (Å²) in [5.41, 5.74) is 5.38. The molecule has 2 amide bonds. The summed E-state index contributed by atoms with van der Waals surface area (Å²) in [5.74, 6) is 0.262. The van der Waals surface area contributed by atoms with E-state index < -0.39 is 17.5 Å². The molecule has 0 radical (unpaired) electrons. The summed E-state index contributed by atoms with van der Waals surface area (Å²) in [6.45, 7) is 2.93. The number of carbonyl (C=O) groups is 2. The Hall–Kier alpha value is -2.24. The lowest BCUT2D eigenvalue weighted by Gasteiger charge is -2.22. The maximum atomic E-state index is 11.7. The average Bonchev–Trinajstić information content (AvgIpc) is 3.05. The van der Waals surface area contributed by atoms with Gasteiger partial charge in [0.1, 0.15) is 12.4 Å². The van der Waals surface area contributed by atoms with Crippen LogP contribution in [0.1, 0.15) is 63.9 Å². The van der Waals surface area contributed by atoms with Crippen LogP contribution < -0.4 is 15.8 Å². The highest BCUT2D eigenvalue weighted by Crippen LogP contribution is 2.22. The molecule has 0 aliphatic carbocycles. The number of alkyl carbamates (subject to hydrolysis) is 1. The molecule has 3 N–H and O–H groups in total. The molecule has 6 heteroatoms. The quantitative estimate of drug-likeness (QED) is 0.514. The number of benzene rings is 1. The lowest BCUT2D eigenvalue weighted by molar-refractivity contribution is -0.124. The van der Waals surface area contributed by atoms with E-state index >= 15 is 0 Å². The molecule has 1 heterocycles. The second kappa shape index (κ2) is 10.8. The topological polar surface area (TPSA) is 90.7 Å². The third kappa shape index (κ3) is 6.77. The molecule has 27 heavy (non-hydrogen) atoms. The van der Waals surface area contributed by atoms with E-state index in [9.17, 15) is 9.59 Å². The first-order valence-electron chi connectivity index (χ1n) is 10.0. The Kier molecular flexibility index (Phi) is 8.43. The number of aryl methyl sites for hydroxylation is 1. The van der Waals surface area contributed by atoms with Crippen LogP contribution in [0.2, 0.25) is 0 Å².